The number of benzene rings is 1. The first-order chi connectivity index (χ1) is 13.3. The molecule has 0 spiro atoms. The number of anilines is 1. The van der Waals surface area contributed by atoms with Crippen molar-refractivity contribution in [2.75, 3.05) is 5.32 Å². The van der Waals surface area contributed by atoms with Gasteiger partial charge >= 0.3 is 6.03 Å². The summed E-state index contributed by atoms with van der Waals surface area (Å²) in [6.45, 7) is 0. The number of amides is 4. The molecule has 0 saturated carbocycles. The second-order valence-corrected chi connectivity index (χ2v) is 6.64. The maximum Gasteiger partial charge on any atom is 0.338 e. The maximum absolute atomic E-state index is 12.5. The molecule has 1 aromatic rings. The molecule has 3 aliphatic rings. The van der Waals surface area contributed by atoms with Gasteiger partial charge in [-0.05, 0) is 18.9 Å². The number of non-ortho nitro benzene ring substituents is 1. The van der Waals surface area contributed by atoms with E-state index in [1.54, 1.807) is 0 Å². The average molecular weight is 391 g/mol. The van der Waals surface area contributed by atoms with Crippen LogP contribution < -0.4 is 10.7 Å². The van der Waals surface area contributed by atoms with Crippen LogP contribution >= 0.6 is 0 Å². The molecule has 2 bridgehead atoms. The summed E-state index contributed by atoms with van der Waals surface area (Å²) in [5.41, 5.74) is 0.552. The third kappa shape index (κ3) is 2.63. The molecule has 3 fully saturated rings. The first-order valence-corrected chi connectivity index (χ1v) is 8.31. The van der Waals surface area contributed by atoms with Crippen LogP contribution in [0.4, 0.5) is 21.9 Å². The van der Waals surface area contributed by atoms with Crippen LogP contribution in [0.15, 0.2) is 18.2 Å². The first kappa shape index (κ1) is 17.8. The van der Waals surface area contributed by atoms with E-state index in [-0.39, 0.29) is 17.9 Å². The number of urea groups is 1. The van der Waals surface area contributed by atoms with Gasteiger partial charge in [-0.3, -0.25) is 29.8 Å². The zero-order valence-corrected chi connectivity index (χ0v) is 14.1. The predicted molar refractivity (Wildman–Crippen MR) is 88.6 cm³/mol. The van der Waals surface area contributed by atoms with Crippen molar-refractivity contribution >= 4 is 34.9 Å². The smallest absolute Gasteiger partial charge is 0.338 e. The quantitative estimate of drug-likeness (QED) is 0.428. The van der Waals surface area contributed by atoms with Crippen LogP contribution in [0.3, 0.4) is 0 Å². The van der Waals surface area contributed by atoms with Crippen LogP contribution in [-0.4, -0.2) is 44.9 Å². The summed E-state index contributed by atoms with van der Waals surface area (Å²) in [5, 5.41) is 24.6. The van der Waals surface area contributed by atoms with Crippen molar-refractivity contribution in [2.24, 2.45) is 11.8 Å². The number of carbonyl (C=O) groups excluding carboxylic acids is 3. The topological polar surface area (TPSA) is 174 Å². The van der Waals surface area contributed by atoms with Crippen LogP contribution in [0.2, 0.25) is 0 Å². The number of rotatable bonds is 4. The predicted octanol–water partition coefficient (Wildman–Crippen LogP) is 0.702. The fourth-order valence-corrected chi connectivity index (χ4v) is 3.96. The van der Waals surface area contributed by atoms with E-state index in [0.29, 0.717) is 23.9 Å². The lowest BCUT2D eigenvalue weighted by Gasteiger charge is -2.18. The van der Waals surface area contributed by atoms with Gasteiger partial charge in [0.15, 0.2) is 0 Å². The standard InChI is InChI=1S/C15H13N5O8/c21-13-11-9-3-4-10(28-9)12(11)14(22)18(13)17-15(23)16-7-2-1-6(19(24)25)5-8(7)20(26)27/h1-2,5,9-12H,3-4H2,(H2,16,17,23). The molecule has 28 heavy (non-hydrogen) atoms. The number of nitro groups is 2. The highest BCUT2D eigenvalue weighted by Gasteiger charge is 2.62. The van der Waals surface area contributed by atoms with Crippen molar-refractivity contribution in [3.8, 4) is 0 Å². The average Bonchev–Trinajstić information content (AvgIpc) is 3.31. The summed E-state index contributed by atoms with van der Waals surface area (Å²) in [6, 6.07) is 1.61. The Morgan fingerprint density at radius 1 is 1.07 bits per heavy atom. The number of nitrogens with zero attached hydrogens (tertiary/aromatic N) is 3. The second kappa shape index (κ2) is 6.23. The van der Waals surface area contributed by atoms with Gasteiger partial charge < -0.3 is 10.1 Å². The normalized spacial score (nSPS) is 27.6. The number of hydrogen-bond acceptors (Lipinski definition) is 8. The van der Waals surface area contributed by atoms with Crippen molar-refractivity contribution in [1.29, 1.82) is 0 Å². The van der Waals surface area contributed by atoms with E-state index >= 15 is 0 Å². The molecule has 146 valence electrons. The fourth-order valence-electron chi connectivity index (χ4n) is 3.96. The summed E-state index contributed by atoms with van der Waals surface area (Å²) >= 11 is 0. The zero-order valence-electron chi connectivity index (χ0n) is 14.1. The van der Waals surface area contributed by atoms with E-state index in [1.165, 1.54) is 0 Å². The number of hydrazine groups is 1. The van der Waals surface area contributed by atoms with Gasteiger partial charge in [0.05, 0.1) is 40.0 Å². The highest BCUT2D eigenvalue weighted by molar-refractivity contribution is 6.08. The van der Waals surface area contributed by atoms with E-state index in [4.69, 9.17) is 4.74 Å². The summed E-state index contributed by atoms with van der Waals surface area (Å²) in [4.78, 5) is 57.3. The summed E-state index contributed by atoms with van der Waals surface area (Å²) < 4.78 is 5.57. The monoisotopic (exact) mass is 391 g/mol. The molecule has 0 radical (unpaired) electrons. The molecule has 3 heterocycles. The van der Waals surface area contributed by atoms with Crippen LogP contribution in [0, 0.1) is 32.1 Å². The number of nitrogens with one attached hydrogen (secondary N) is 2. The fraction of sp³-hybridized carbons (Fsp3) is 0.400. The summed E-state index contributed by atoms with van der Waals surface area (Å²) in [7, 11) is 0. The van der Waals surface area contributed by atoms with Gasteiger partial charge in [-0.15, -0.1) is 0 Å². The maximum atomic E-state index is 12.5. The highest BCUT2D eigenvalue weighted by atomic mass is 16.6. The van der Waals surface area contributed by atoms with Crippen LogP contribution in [-0.2, 0) is 14.3 Å². The Hall–Kier alpha value is -3.61. The first-order valence-electron chi connectivity index (χ1n) is 8.31. The molecule has 4 rings (SSSR count). The molecule has 1 aromatic carbocycles. The lowest BCUT2D eigenvalue weighted by atomic mass is 9.81. The minimum atomic E-state index is -1.06. The van der Waals surface area contributed by atoms with Gasteiger partial charge in [-0.25, -0.2) is 10.2 Å². The largest absolute Gasteiger partial charge is 0.373 e. The summed E-state index contributed by atoms with van der Waals surface area (Å²) in [5.74, 6) is -2.45. The van der Waals surface area contributed by atoms with Crippen molar-refractivity contribution in [1.82, 2.24) is 10.4 Å². The van der Waals surface area contributed by atoms with Crippen molar-refractivity contribution in [3.63, 3.8) is 0 Å². The molecule has 13 nitrogen and oxygen atoms in total. The van der Waals surface area contributed by atoms with Gasteiger partial charge in [0.2, 0.25) is 0 Å². The van der Waals surface area contributed by atoms with Gasteiger partial charge in [0.25, 0.3) is 23.2 Å². The van der Waals surface area contributed by atoms with E-state index < -0.39 is 50.9 Å². The number of carbonyl (C=O) groups is 3. The van der Waals surface area contributed by atoms with Gasteiger partial charge in [0, 0.05) is 6.07 Å². The van der Waals surface area contributed by atoms with Crippen molar-refractivity contribution < 1.29 is 29.0 Å². The molecule has 2 N–H and O–H groups in total. The van der Waals surface area contributed by atoms with Gasteiger partial charge in [0.1, 0.15) is 5.69 Å². The Morgan fingerprint density at radius 2 is 1.68 bits per heavy atom. The molecule has 3 saturated heterocycles. The molecule has 4 amide bonds. The summed E-state index contributed by atoms with van der Waals surface area (Å²) in [6.07, 6.45) is 0.633. The molecule has 3 aliphatic heterocycles. The lowest BCUT2D eigenvalue weighted by molar-refractivity contribution is -0.393. The molecule has 0 aromatic heterocycles. The number of nitro benzene ring substituents is 2. The third-order valence-electron chi connectivity index (χ3n) is 5.13. The Morgan fingerprint density at radius 3 is 2.21 bits per heavy atom. The number of fused-ring (bicyclic) bond motifs is 5. The molecule has 4 atom stereocenters. The minimum Gasteiger partial charge on any atom is -0.373 e. The third-order valence-corrected chi connectivity index (χ3v) is 5.13. The van der Waals surface area contributed by atoms with Crippen LogP contribution in [0.5, 0.6) is 0 Å². The molecule has 13 heteroatoms. The SMILES string of the molecule is O=C(Nc1ccc([N+](=O)[O-])cc1[N+](=O)[O-])NN1C(=O)C2C3CCC(O3)C2C1=O. The van der Waals surface area contributed by atoms with Gasteiger partial charge in [-0.2, -0.15) is 5.01 Å². The lowest BCUT2D eigenvalue weighted by Crippen LogP contribution is -2.49. The molecule has 0 aliphatic carbocycles. The number of imide groups is 1. The Bertz CT molecular complexity index is 905. The van der Waals surface area contributed by atoms with E-state index in [9.17, 15) is 34.6 Å². The second-order valence-electron chi connectivity index (χ2n) is 6.64. The van der Waals surface area contributed by atoms with Crippen molar-refractivity contribution in [3.05, 3.63) is 38.4 Å². The molecular formula is C15H13N5O8. The molecule has 4 unspecified atom stereocenters. The Balaban J connectivity index is 1.50. The van der Waals surface area contributed by atoms with E-state index in [2.05, 4.69) is 10.7 Å². The Labute approximate surface area is 155 Å². The van der Waals surface area contributed by atoms with Crippen molar-refractivity contribution in [2.45, 2.75) is 25.0 Å². The minimum absolute atomic E-state index is 0.323. The number of ether oxygens (including phenoxy) is 1. The molecular weight excluding hydrogens is 378 g/mol. The zero-order chi connectivity index (χ0) is 20.2. The highest BCUT2D eigenvalue weighted by Crippen LogP contribution is 2.48. The van der Waals surface area contributed by atoms with E-state index in [0.717, 1.165) is 12.1 Å². The van der Waals surface area contributed by atoms with Crippen LogP contribution in [0.1, 0.15) is 12.8 Å². The van der Waals surface area contributed by atoms with E-state index in [1.807, 2.05) is 0 Å². The van der Waals surface area contributed by atoms with Gasteiger partial charge in [-0.1, -0.05) is 0 Å². The Kier molecular flexibility index (Phi) is 3.96. The van der Waals surface area contributed by atoms with Crippen LogP contribution in [0.25, 0.3) is 0 Å². The number of hydrogen-bond donors (Lipinski definition) is 2.